The Balaban J connectivity index is 1.88. The van der Waals surface area contributed by atoms with E-state index < -0.39 is 34.1 Å². The first-order valence-electron chi connectivity index (χ1n) is 7.91. The normalized spacial score (nSPS) is 19.0. The molecule has 0 saturated carbocycles. The highest BCUT2D eigenvalue weighted by atomic mass is 32.2. The topological polar surface area (TPSA) is 80.8 Å². The van der Waals surface area contributed by atoms with Gasteiger partial charge >= 0.3 is 5.97 Å². The van der Waals surface area contributed by atoms with Gasteiger partial charge in [0.05, 0.1) is 11.5 Å². The molecule has 25 heavy (non-hydrogen) atoms. The molecule has 2 rings (SSSR count). The van der Waals surface area contributed by atoms with Crippen molar-refractivity contribution >= 4 is 27.8 Å². The molecule has 0 N–H and O–H groups in total. The SMILES string of the molecule is CCN(C(=O)COC(=O)/C=C/c1ccccc1F)C1CCS(=O)(=O)C1. The zero-order chi connectivity index (χ0) is 18.4. The standard InChI is InChI=1S/C17H20FNO5S/c1-2-19(14-9-10-25(22,23)12-14)16(20)11-24-17(21)8-7-13-5-3-4-6-15(13)18/h3-8,14H,2,9-12H2,1H3/b8-7+. The molecule has 6 nitrogen and oxygen atoms in total. The van der Waals surface area contributed by atoms with Gasteiger partial charge in [0.2, 0.25) is 0 Å². The fourth-order valence-corrected chi connectivity index (χ4v) is 4.42. The molecule has 1 heterocycles. The van der Waals surface area contributed by atoms with Gasteiger partial charge in [-0.3, -0.25) is 4.79 Å². The molecule has 1 atom stereocenters. The number of rotatable bonds is 6. The Morgan fingerprint density at radius 1 is 1.36 bits per heavy atom. The molecular formula is C17H20FNO5S. The van der Waals surface area contributed by atoms with Gasteiger partial charge in [-0.1, -0.05) is 18.2 Å². The maximum absolute atomic E-state index is 13.4. The van der Waals surface area contributed by atoms with E-state index in [1.807, 2.05) is 0 Å². The molecular weight excluding hydrogens is 349 g/mol. The Morgan fingerprint density at radius 2 is 2.08 bits per heavy atom. The summed E-state index contributed by atoms with van der Waals surface area (Å²) in [4.78, 5) is 25.3. The molecule has 136 valence electrons. The number of amides is 1. The average molecular weight is 369 g/mol. The predicted octanol–water partition coefficient (Wildman–Crippen LogP) is 1.42. The summed E-state index contributed by atoms with van der Waals surface area (Å²) in [6.45, 7) is 1.59. The van der Waals surface area contributed by atoms with E-state index in [-0.39, 0.29) is 23.1 Å². The number of nitrogens with zero attached hydrogens (tertiary/aromatic N) is 1. The molecule has 8 heteroatoms. The van der Waals surface area contributed by atoms with Crippen molar-refractivity contribution in [1.82, 2.24) is 4.90 Å². The van der Waals surface area contributed by atoms with E-state index in [1.54, 1.807) is 13.0 Å². The number of carbonyl (C=O) groups is 2. The number of ether oxygens (including phenoxy) is 1. The largest absolute Gasteiger partial charge is 0.452 e. The Hall–Kier alpha value is -2.22. The van der Waals surface area contributed by atoms with Crippen LogP contribution in [0.1, 0.15) is 18.9 Å². The van der Waals surface area contributed by atoms with Crippen molar-refractivity contribution in [3.63, 3.8) is 0 Å². The van der Waals surface area contributed by atoms with Crippen molar-refractivity contribution in [3.05, 3.63) is 41.7 Å². The minimum Gasteiger partial charge on any atom is -0.452 e. The van der Waals surface area contributed by atoms with E-state index >= 15 is 0 Å². The van der Waals surface area contributed by atoms with Gasteiger partial charge in [0.25, 0.3) is 5.91 Å². The molecule has 0 aliphatic carbocycles. The first-order chi connectivity index (χ1) is 11.8. The minimum absolute atomic E-state index is 0.0618. The van der Waals surface area contributed by atoms with Crippen LogP contribution in [-0.2, 0) is 24.2 Å². The van der Waals surface area contributed by atoms with E-state index in [9.17, 15) is 22.4 Å². The third-order valence-electron chi connectivity index (χ3n) is 3.95. The van der Waals surface area contributed by atoms with Crippen LogP contribution in [0.5, 0.6) is 0 Å². The quantitative estimate of drug-likeness (QED) is 0.560. The van der Waals surface area contributed by atoms with Gasteiger partial charge in [0.1, 0.15) is 5.82 Å². The van der Waals surface area contributed by atoms with Crippen molar-refractivity contribution < 1.29 is 27.1 Å². The fourth-order valence-electron chi connectivity index (χ4n) is 2.69. The van der Waals surface area contributed by atoms with E-state index in [0.29, 0.717) is 13.0 Å². The molecule has 1 unspecified atom stereocenters. The summed E-state index contributed by atoms with van der Waals surface area (Å²) in [6, 6.07) is 5.56. The van der Waals surface area contributed by atoms with Crippen molar-refractivity contribution in [1.29, 1.82) is 0 Å². The molecule has 0 radical (unpaired) electrons. The molecule has 1 aliphatic rings. The molecule has 1 aromatic rings. The predicted molar refractivity (Wildman–Crippen MR) is 90.8 cm³/mol. The van der Waals surface area contributed by atoms with Crippen molar-refractivity contribution in [3.8, 4) is 0 Å². The van der Waals surface area contributed by atoms with E-state index in [2.05, 4.69) is 0 Å². The number of hydrogen-bond donors (Lipinski definition) is 0. The molecule has 0 bridgehead atoms. The zero-order valence-electron chi connectivity index (χ0n) is 13.9. The van der Waals surface area contributed by atoms with Crippen LogP contribution >= 0.6 is 0 Å². The Bertz CT molecular complexity index is 775. The van der Waals surface area contributed by atoms with Crippen molar-refractivity contribution in [2.24, 2.45) is 0 Å². The van der Waals surface area contributed by atoms with E-state index in [1.165, 1.54) is 29.2 Å². The first kappa shape index (κ1) is 19.1. The lowest BCUT2D eigenvalue weighted by Gasteiger charge is -2.26. The van der Waals surface area contributed by atoms with Crippen LogP contribution in [0.25, 0.3) is 6.08 Å². The number of hydrogen-bond acceptors (Lipinski definition) is 5. The number of carbonyl (C=O) groups excluding carboxylic acids is 2. The lowest BCUT2D eigenvalue weighted by atomic mass is 10.2. The van der Waals surface area contributed by atoms with Crippen LogP contribution in [0.3, 0.4) is 0 Å². The second kappa shape index (κ2) is 8.24. The summed E-state index contributed by atoms with van der Waals surface area (Å²) in [6.07, 6.45) is 2.70. The maximum atomic E-state index is 13.4. The Kier molecular flexibility index (Phi) is 6.30. The average Bonchev–Trinajstić information content (AvgIpc) is 2.92. The number of sulfone groups is 1. The molecule has 0 spiro atoms. The van der Waals surface area contributed by atoms with Crippen LogP contribution in [0.15, 0.2) is 30.3 Å². The highest BCUT2D eigenvalue weighted by Gasteiger charge is 2.34. The molecule has 1 fully saturated rings. The monoisotopic (exact) mass is 369 g/mol. The van der Waals surface area contributed by atoms with Gasteiger partial charge in [-0.05, 0) is 25.5 Å². The molecule has 1 aromatic carbocycles. The van der Waals surface area contributed by atoms with Crippen molar-refractivity contribution in [2.45, 2.75) is 19.4 Å². The van der Waals surface area contributed by atoms with Crippen LogP contribution < -0.4 is 0 Å². The third-order valence-corrected chi connectivity index (χ3v) is 5.70. The maximum Gasteiger partial charge on any atom is 0.331 e. The summed E-state index contributed by atoms with van der Waals surface area (Å²) in [5.74, 6) is -1.69. The number of esters is 1. The number of halogens is 1. The van der Waals surface area contributed by atoms with Crippen molar-refractivity contribution in [2.75, 3.05) is 24.7 Å². The van der Waals surface area contributed by atoms with Crippen LogP contribution in [0.4, 0.5) is 4.39 Å². The van der Waals surface area contributed by atoms with Gasteiger partial charge in [-0.25, -0.2) is 17.6 Å². The smallest absolute Gasteiger partial charge is 0.331 e. The summed E-state index contributed by atoms with van der Waals surface area (Å²) < 4.78 is 41.4. The summed E-state index contributed by atoms with van der Waals surface area (Å²) >= 11 is 0. The number of likely N-dealkylation sites (N-methyl/N-ethyl adjacent to an activating group) is 1. The van der Waals surface area contributed by atoms with Gasteiger partial charge in [-0.15, -0.1) is 0 Å². The lowest BCUT2D eigenvalue weighted by molar-refractivity contribution is -0.149. The minimum atomic E-state index is -3.11. The summed E-state index contributed by atoms with van der Waals surface area (Å²) in [5, 5.41) is 0. The van der Waals surface area contributed by atoms with Gasteiger partial charge in [0, 0.05) is 24.2 Å². The Labute approximate surface area is 146 Å². The molecule has 0 aromatic heterocycles. The highest BCUT2D eigenvalue weighted by molar-refractivity contribution is 7.91. The molecule has 1 amide bonds. The highest BCUT2D eigenvalue weighted by Crippen LogP contribution is 2.17. The second-order valence-electron chi connectivity index (χ2n) is 5.70. The molecule has 1 aliphatic heterocycles. The first-order valence-corrected chi connectivity index (χ1v) is 9.74. The Morgan fingerprint density at radius 3 is 2.68 bits per heavy atom. The number of benzene rings is 1. The van der Waals surface area contributed by atoms with E-state index in [4.69, 9.17) is 4.74 Å². The van der Waals surface area contributed by atoms with Gasteiger partial charge < -0.3 is 9.64 Å². The van der Waals surface area contributed by atoms with E-state index in [0.717, 1.165) is 6.08 Å². The zero-order valence-corrected chi connectivity index (χ0v) is 14.7. The second-order valence-corrected chi connectivity index (χ2v) is 7.93. The van der Waals surface area contributed by atoms with Crippen LogP contribution in [0, 0.1) is 5.82 Å². The molecule has 1 saturated heterocycles. The third kappa shape index (κ3) is 5.38. The summed E-state index contributed by atoms with van der Waals surface area (Å²) in [5.41, 5.74) is 0.233. The fraction of sp³-hybridized carbons (Fsp3) is 0.412. The van der Waals surface area contributed by atoms with Gasteiger partial charge in [0.15, 0.2) is 16.4 Å². The van der Waals surface area contributed by atoms with Crippen LogP contribution in [-0.4, -0.2) is 55.9 Å². The van der Waals surface area contributed by atoms with Crippen LogP contribution in [0.2, 0.25) is 0 Å². The van der Waals surface area contributed by atoms with Gasteiger partial charge in [-0.2, -0.15) is 0 Å². The lowest BCUT2D eigenvalue weighted by Crippen LogP contribution is -2.43. The summed E-state index contributed by atoms with van der Waals surface area (Å²) in [7, 11) is -3.11.